The van der Waals surface area contributed by atoms with Gasteiger partial charge in [0.1, 0.15) is 5.82 Å². The lowest BCUT2D eigenvalue weighted by atomic mass is 10.0. The van der Waals surface area contributed by atoms with Crippen molar-refractivity contribution >= 4 is 21.4 Å². The van der Waals surface area contributed by atoms with Crippen molar-refractivity contribution in [1.29, 1.82) is 0 Å². The number of carbonyl (C=O) groups is 1. The maximum absolute atomic E-state index is 14.1. The van der Waals surface area contributed by atoms with Gasteiger partial charge < -0.3 is 9.80 Å². The summed E-state index contributed by atoms with van der Waals surface area (Å²) in [5.41, 5.74) is 1.44. The molecule has 2 aliphatic rings. The summed E-state index contributed by atoms with van der Waals surface area (Å²) in [5.74, 6) is -0.305. The molecule has 2 aliphatic heterocycles. The summed E-state index contributed by atoms with van der Waals surface area (Å²) in [6, 6.07) is 4.73. The highest BCUT2D eigenvalue weighted by atomic mass is 32.2. The minimum Gasteiger partial charge on any atom is -0.360 e. The topological polar surface area (TPSA) is 57.7 Å². The molecule has 0 saturated carbocycles. The highest BCUT2D eigenvalue weighted by Gasteiger charge is 2.33. The van der Waals surface area contributed by atoms with E-state index in [2.05, 4.69) is 0 Å². The maximum atomic E-state index is 14.1. The molecule has 1 aromatic carbocycles. The smallest absolute Gasteiger partial charge is 0.242 e. The van der Waals surface area contributed by atoms with E-state index < -0.39 is 9.84 Å². The number of carbonyl (C=O) groups excluding carboxylic acids is 1. The molecule has 7 heteroatoms. The van der Waals surface area contributed by atoms with Crippen molar-refractivity contribution in [3.05, 3.63) is 29.6 Å². The zero-order valence-corrected chi connectivity index (χ0v) is 14.0. The number of aryl methyl sites for hydroxylation is 1. The van der Waals surface area contributed by atoms with Gasteiger partial charge in [-0.25, -0.2) is 12.8 Å². The largest absolute Gasteiger partial charge is 0.360 e. The number of halogens is 1. The standard InChI is InChI=1S/C16H21FN2O3S/c1-18(13-7-9-23(21,22)11-13)15(20)10-19-8-3-5-12-4-2-6-14(17)16(12)19/h2,4,6,13H,3,5,7-11H2,1H3. The minimum absolute atomic E-state index is 0.0280. The number of hydrogen-bond acceptors (Lipinski definition) is 4. The van der Waals surface area contributed by atoms with Crippen LogP contribution in [0.4, 0.5) is 10.1 Å². The average molecular weight is 340 g/mol. The van der Waals surface area contributed by atoms with Gasteiger partial charge in [-0.1, -0.05) is 12.1 Å². The lowest BCUT2D eigenvalue weighted by molar-refractivity contribution is -0.130. The van der Waals surface area contributed by atoms with Crippen molar-refractivity contribution in [2.75, 3.05) is 36.5 Å². The van der Waals surface area contributed by atoms with Gasteiger partial charge in [-0.3, -0.25) is 4.79 Å². The van der Waals surface area contributed by atoms with Gasteiger partial charge in [-0.2, -0.15) is 0 Å². The Balaban J connectivity index is 1.72. The summed E-state index contributed by atoms with van der Waals surface area (Å²) in [6.07, 6.45) is 2.18. The molecule has 1 fully saturated rings. The Morgan fingerprint density at radius 3 is 2.91 bits per heavy atom. The number of nitrogens with zero attached hydrogens (tertiary/aromatic N) is 2. The predicted octanol–water partition coefficient (Wildman–Crippen LogP) is 1.22. The number of sulfone groups is 1. The normalized spacial score (nSPS) is 22.7. The fourth-order valence-electron chi connectivity index (χ4n) is 3.41. The van der Waals surface area contributed by atoms with Gasteiger partial charge in [-0.05, 0) is 30.9 Å². The first-order chi connectivity index (χ1) is 10.9. The highest BCUT2D eigenvalue weighted by Crippen LogP contribution is 2.30. The maximum Gasteiger partial charge on any atom is 0.242 e. The van der Waals surface area contributed by atoms with Crippen molar-refractivity contribution < 1.29 is 17.6 Å². The number of benzene rings is 1. The monoisotopic (exact) mass is 340 g/mol. The molecule has 1 unspecified atom stereocenters. The van der Waals surface area contributed by atoms with E-state index >= 15 is 0 Å². The lowest BCUT2D eigenvalue weighted by Crippen LogP contribution is -2.45. The van der Waals surface area contributed by atoms with Crippen LogP contribution in [0.1, 0.15) is 18.4 Å². The molecule has 0 bridgehead atoms. The Morgan fingerprint density at radius 1 is 1.43 bits per heavy atom. The van der Waals surface area contributed by atoms with Crippen LogP contribution in [0.3, 0.4) is 0 Å². The Labute approximate surface area is 136 Å². The van der Waals surface area contributed by atoms with Crippen LogP contribution in [0.25, 0.3) is 0 Å². The molecule has 0 spiro atoms. The third-order valence-electron chi connectivity index (χ3n) is 4.74. The number of hydrogen-bond donors (Lipinski definition) is 0. The van der Waals surface area contributed by atoms with Crippen LogP contribution >= 0.6 is 0 Å². The van der Waals surface area contributed by atoms with Gasteiger partial charge in [0.15, 0.2) is 9.84 Å². The second-order valence-electron chi connectivity index (χ2n) is 6.33. The molecule has 0 aromatic heterocycles. The van der Waals surface area contributed by atoms with Crippen molar-refractivity contribution in [2.45, 2.75) is 25.3 Å². The van der Waals surface area contributed by atoms with Crippen molar-refractivity contribution in [3.8, 4) is 0 Å². The number of rotatable bonds is 3. The fraction of sp³-hybridized carbons (Fsp3) is 0.562. The molecule has 0 N–H and O–H groups in total. The summed E-state index contributed by atoms with van der Waals surface area (Å²) in [6.45, 7) is 0.720. The number of amides is 1. The van der Waals surface area contributed by atoms with Gasteiger partial charge in [0.2, 0.25) is 5.91 Å². The molecule has 0 radical (unpaired) electrons. The molecule has 1 atom stereocenters. The fourth-order valence-corrected chi connectivity index (χ4v) is 5.18. The highest BCUT2D eigenvalue weighted by molar-refractivity contribution is 7.91. The van der Waals surface area contributed by atoms with Crippen LogP contribution in [-0.2, 0) is 21.1 Å². The van der Waals surface area contributed by atoms with E-state index in [0.29, 0.717) is 18.7 Å². The SMILES string of the molecule is CN(C(=O)CN1CCCc2cccc(F)c21)C1CCS(=O)(=O)C1. The first-order valence-corrected chi connectivity index (χ1v) is 9.68. The van der Waals surface area contributed by atoms with Gasteiger partial charge in [0.05, 0.1) is 23.7 Å². The molecule has 1 aromatic rings. The molecular weight excluding hydrogens is 319 g/mol. The summed E-state index contributed by atoms with van der Waals surface area (Å²) in [7, 11) is -1.39. The first kappa shape index (κ1) is 16.2. The summed E-state index contributed by atoms with van der Waals surface area (Å²) in [4.78, 5) is 15.8. The van der Waals surface area contributed by atoms with E-state index in [0.717, 1.165) is 18.4 Å². The molecule has 5 nitrogen and oxygen atoms in total. The van der Waals surface area contributed by atoms with Gasteiger partial charge >= 0.3 is 0 Å². The van der Waals surface area contributed by atoms with E-state index in [9.17, 15) is 17.6 Å². The molecular formula is C16H21FN2O3S. The van der Waals surface area contributed by atoms with E-state index in [1.807, 2.05) is 6.07 Å². The molecule has 126 valence electrons. The summed E-state index contributed by atoms with van der Waals surface area (Å²) >= 11 is 0. The first-order valence-electron chi connectivity index (χ1n) is 7.86. The summed E-state index contributed by atoms with van der Waals surface area (Å²) in [5, 5.41) is 0. The molecule has 0 aliphatic carbocycles. The zero-order valence-electron chi connectivity index (χ0n) is 13.2. The quantitative estimate of drug-likeness (QED) is 0.830. The molecule has 1 amide bonds. The average Bonchev–Trinajstić information content (AvgIpc) is 2.87. The van der Waals surface area contributed by atoms with Crippen molar-refractivity contribution in [2.24, 2.45) is 0 Å². The molecule has 2 heterocycles. The van der Waals surface area contributed by atoms with Crippen molar-refractivity contribution in [3.63, 3.8) is 0 Å². The van der Waals surface area contributed by atoms with Crippen LogP contribution in [-0.4, -0.2) is 56.9 Å². The van der Waals surface area contributed by atoms with Crippen LogP contribution < -0.4 is 4.90 Å². The van der Waals surface area contributed by atoms with E-state index in [1.165, 1.54) is 11.0 Å². The third kappa shape index (κ3) is 3.34. The molecule has 1 saturated heterocycles. The number of likely N-dealkylation sites (N-methyl/N-ethyl adjacent to an activating group) is 1. The molecule has 3 rings (SSSR count). The van der Waals surface area contributed by atoms with Crippen LogP contribution in [0.2, 0.25) is 0 Å². The Morgan fingerprint density at radius 2 is 2.22 bits per heavy atom. The van der Waals surface area contributed by atoms with Gasteiger partial charge in [0, 0.05) is 19.6 Å². The van der Waals surface area contributed by atoms with Crippen LogP contribution in [0, 0.1) is 5.82 Å². The summed E-state index contributed by atoms with van der Waals surface area (Å²) < 4.78 is 37.3. The van der Waals surface area contributed by atoms with E-state index in [4.69, 9.17) is 0 Å². The Kier molecular flexibility index (Phi) is 4.31. The minimum atomic E-state index is -3.03. The van der Waals surface area contributed by atoms with Crippen LogP contribution in [0.5, 0.6) is 0 Å². The van der Waals surface area contributed by atoms with Gasteiger partial charge in [0.25, 0.3) is 0 Å². The Hall–Kier alpha value is -1.63. The number of para-hydroxylation sites is 1. The van der Waals surface area contributed by atoms with Crippen molar-refractivity contribution in [1.82, 2.24) is 4.90 Å². The Bertz CT molecular complexity index is 720. The lowest BCUT2D eigenvalue weighted by Gasteiger charge is -2.33. The van der Waals surface area contributed by atoms with Crippen LogP contribution in [0.15, 0.2) is 18.2 Å². The second kappa shape index (κ2) is 6.11. The van der Waals surface area contributed by atoms with E-state index in [-0.39, 0.29) is 35.8 Å². The van der Waals surface area contributed by atoms with Gasteiger partial charge in [-0.15, -0.1) is 0 Å². The van der Waals surface area contributed by atoms with E-state index in [1.54, 1.807) is 18.0 Å². The third-order valence-corrected chi connectivity index (χ3v) is 6.49. The predicted molar refractivity (Wildman–Crippen MR) is 86.8 cm³/mol. The zero-order chi connectivity index (χ0) is 16.6. The number of fused-ring (bicyclic) bond motifs is 1. The second-order valence-corrected chi connectivity index (χ2v) is 8.56. The number of anilines is 1. The molecule has 23 heavy (non-hydrogen) atoms.